The van der Waals surface area contributed by atoms with E-state index in [1.54, 1.807) is 0 Å². The first-order valence-electron chi connectivity index (χ1n) is 15.4. The van der Waals surface area contributed by atoms with Crippen molar-refractivity contribution in [2.75, 3.05) is 0 Å². The zero-order valence-electron chi connectivity index (χ0n) is 26.1. The molecule has 0 unspecified atom stereocenters. The van der Waals surface area contributed by atoms with Gasteiger partial charge >= 0.3 is 7.12 Å². The van der Waals surface area contributed by atoms with Crippen LogP contribution in [0.2, 0.25) is 0 Å². The first-order chi connectivity index (χ1) is 21.8. The Labute approximate surface area is 265 Å². The summed E-state index contributed by atoms with van der Waals surface area (Å²) in [6.45, 7) is 8.29. The number of hydrogen-bond acceptors (Lipinski definition) is 4. The third-order valence-electron chi connectivity index (χ3n) is 9.00. The van der Waals surface area contributed by atoms with Gasteiger partial charge in [-0.15, -0.1) is 0 Å². The predicted octanol–water partition coefficient (Wildman–Crippen LogP) is 9.11. The van der Waals surface area contributed by atoms with Crippen LogP contribution in [0.3, 0.4) is 0 Å². The Morgan fingerprint density at radius 3 is 1.29 bits per heavy atom. The molecule has 45 heavy (non-hydrogen) atoms. The largest absolute Gasteiger partial charge is 0.494 e. The highest BCUT2D eigenvalue weighted by atomic mass is 16.7. The third kappa shape index (κ3) is 5.61. The van der Waals surface area contributed by atoms with E-state index >= 15 is 0 Å². The Bertz CT molecular complexity index is 1840. The van der Waals surface area contributed by atoms with Crippen LogP contribution in [-0.4, -0.2) is 28.3 Å². The van der Waals surface area contributed by atoms with Gasteiger partial charge in [-0.25, -0.2) is 9.97 Å². The Balaban J connectivity index is 1.37. The SMILES string of the molecule is CC1(C)OB(c2ccc(-c3nc(-c4ccccc4-c4ccccc4)cc(-c4ccccc4-c4ccccc4)n3)cc2)OC1(C)C. The summed E-state index contributed by atoms with van der Waals surface area (Å²) in [5.74, 6) is 0.661. The Morgan fingerprint density at radius 2 is 0.844 bits per heavy atom. The fourth-order valence-electron chi connectivity index (χ4n) is 5.77. The highest BCUT2D eigenvalue weighted by Crippen LogP contribution is 2.38. The van der Waals surface area contributed by atoms with E-state index in [2.05, 4.69) is 155 Å². The van der Waals surface area contributed by atoms with E-state index in [9.17, 15) is 0 Å². The number of nitrogens with zero attached hydrogens (tertiary/aromatic N) is 2. The van der Waals surface area contributed by atoms with Crippen molar-refractivity contribution < 1.29 is 9.31 Å². The number of aromatic nitrogens is 2. The summed E-state index contributed by atoms with van der Waals surface area (Å²) in [4.78, 5) is 10.4. The molecule has 0 N–H and O–H groups in total. The summed E-state index contributed by atoms with van der Waals surface area (Å²) in [6.07, 6.45) is 0. The van der Waals surface area contributed by atoms with Crippen molar-refractivity contribution in [2.45, 2.75) is 38.9 Å². The summed E-state index contributed by atoms with van der Waals surface area (Å²) in [5.41, 5.74) is 9.48. The second-order valence-corrected chi connectivity index (χ2v) is 12.5. The molecule has 0 spiro atoms. The first-order valence-corrected chi connectivity index (χ1v) is 15.4. The summed E-state index contributed by atoms with van der Waals surface area (Å²) in [6, 6.07) is 48.2. The highest BCUT2D eigenvalue weighted by molar-refractivity contribution is 6.62. The maximum Gasteiger partial charge on any atom is 0.494 e. The molecule has 0 aliphatic carbocycles. The topological polar surface area (TPSA) is 44.2 Å². The lowest BCUT2D eigenvalue weighted by molar-refractivity contribution is 0.00578. The average molecular weight is 587 g/mol. The molecule has 220 valence electrons. The molecule has 1 aliphatic rings. The van der Waals surface area contributed by atoms with Crippen molar-refractivity contribution in [1.29, 1.82) is 0 Å². The van der Waals surface area contributed by atoms with E-state index in [0.717, 1.165) is 55.8 Å². The first kappa shape index (κ1) is 28.9. The van der Waals surface area contributed by atoms with Crippen molar-refractivity contribution >= 4 is 12.6 Å². The van der Waals surface area contributed by atoms with Gasteiger partial charge in [-0.3, -0.25) is 0 Å². The van der Waals surface area contributed by atoms with Crippen LogP contribution in [0.5, 0.6) is 0 Å². The molecule has 6 aromatic rings. The Kier molecular flexibility index (Phi) is 7.44. The maximum atomic E-state index is 6.31. The monoisotopic (exact) mass is 586 g/mol. The van der Waals surface area contributed by atoms with E-state index in [-0.39, 0.29) is 0 Å². The molecule has 4 nitrogen and oxygen atoms in total. The minimum Gasteiger partial charge on any atom is -0.399 e. The van der Waals surface area contributed by atoms with Crippen LogP contribution in [0.15, 0.2) is 140 Å². The molecule has 0 amide bonds. The lowest BCUT2D eigenvalue weighted by atomic mass is 9.79. The van der Waals surface area contributed by atoms with E-state index < -0.39 is 18.3 Å². The van der Waals surface area contributed by atoms with Crippen molar-refractivity contribution in [3.8, 4) is 56.2 Å². The van der Waals surface area contributed by atoms with Gasteiger partial charge in [0.25, 0.3) is 0 Å². The summed E-state index contributed by atoms with van der Waals surface area (Å²) in [5, 5.41) is 0. The van der Waals surface area contributed by atoms with E-state index in [0.29, 0.717) is 5.82 Å². The fraction of sp³-hybridized carbons (Fsp3) is 0.150. The molecule has 1 saturated heterocycles. The van der Waals surface area contributed by atoms with Crippen LogP contribution in [0.1, 0.15) is 27.7 Å². The van der Waals surface area contributed by atoms with E-state index in [1.807, 2.05) is 12.1 Å². The van der Waals surface area contributed by atoms with Crippen LogP contribution in [-0.2, 0) is 9.31 Å². The fourth-order valence-corrected chi connectivity index (χ4v) is 5.77. The van der Waals surface area contributed by atoms with Crippen LogP contribution in [0, 0.1) is 0 Å². The molecule has 1 aliphatic heterocycles. The normalized spacial score (nSPS) is 15.2. The number of hydrogen-bond donors (Lipinski definition) is 0. The lowest BCUT2D eigenvalue weighted by Crippen LogP contribution is -2.41. The molecule has 2 heterocycles. The van der Waals surface area contributed by atoms with Crippen molar-refractivity contribution in [1.82, 2.24) is 9.97 Å². The van der Waals surface area contributed by atoms with Crippen molar-refractivity contribution in [3.05, 3.63) is 140 Å². The average Bonchev–Trinajstić information content (AvgIpc) is 3.31. The Hall–Kier alpha value is -4.84. The number of benzene rings is 5. The van der Waals surface area contributed by atoms with Gasteiger partial charge in [-0.2, -0.15) is 0 Å². The summed E-state index contributed by atoms with van der Waals surface area (Å²) < 4.78 is 12.6. The van der Waals surface area contributed by atoms with Crippen LogP contribution in [0.4, 0.5) is 0 Å². The van der Waals surface area contributed by atoms with Gasteiger partial charge in [0.15, 0.2) is 5.82 Å². The third-order valence-corrected chi connectivity index (χ3v) is 9.00. The van der Waals surface area contributed by atoms with Gasteiger partial charge in [0.1, 0.15) is 0 Å². The maximum absolute atomic E-state index is 6.31. The van der Waals surface area contributed by atoms with Crippen LogP contribution >= 0.6 is 0 Å². The quantitative estimate of drug-likeness (QED) is 0.183. The van der Waals surface area contributed by atoms with Crippen molar-refractivity contribution in [2.24, 2.45) is 0 Å². The smallest absolute Gasteiger partial charge is 0.399 e. The molecule has 1 aromatic heterocycles. The van der Waals surface area contributed by atoms with Gasteiger partial charge in [0.2, 0.25) is 0 Å². The van der Waals surface area contributed by atoms with Crippen LogP contribution in [0.25, 0.3) is 56.2 Å². The molecule has 0 saturated carbocycles. The van der Waals surface area contributed by atoms with E-state index in [4.69, 9.17) is 19.3 Å². The molecule has 1 fully saturated rings. The number of rotatable bonds is 6. The predicted molar refractivity (Wildman–Crippen MR) is 185 cm³/mol. The molecule has 5 heteroatoms. The lowest BCUT2D eigenvalue weighted by Gasteiger charge is -2.32. The highest BCUT2D eigenvalue weighted by Gasteiger charge is 2.51. The second-order valence-electron chi connectivity index (χ2n) is 12.5. The van der Waals surface area contributed by atoms with Gasteiger partial charge in [-0.05, 0) is 61.5 Å². The standard InChI is InChI=1S/C40H35BN2O2/c1-39(2)40(3,4)45-41(44-39)31-25-23-30(24-26-31)38-42-36(34-21-13-11-19-32(34)28-15-7-5-8-16-28)27-37(43-38)35-22-14-12-20-33(35)29-17-9-6-10-18-29/h5-27H,1-4H3. The molecular formula is C40H35BN2O2. The minimum absolute atomic E-state index is 0.402. The summed E-state index contributed by atoms with van der Waals surface area (Å²) >= 11 is 0. The van der Waals surface area contributed by atoms with E-state index in [1.165, 1.54) is 0 Å². The minimum atomic E-state index is -0.428. The molecule has 0 bridgehead atoms. The Morgan fingerprint density at radius 1 is 0.444 bits per heavy atom. The zero-order chi connectivity index (χ0) is 31.0. The van der Waals surface area contributed by atoms with Gasteiger partial charge in [0.05, 0.1) is 22.6 Å². The molecule has 0 atom stereocenters. The summed E-state index contributed by atoms with van der Waals surface area (Å²) in [7, 11) is -0.428. The molecule has 0 radical (unpaired) electrons. The second kappa shape index (κ2) is 11.6. The van der Waals surface area contributed by atoms with Gasteiger partial charge in [0, 0.05) is 16.7 Å². The van der Waals surface area contributed by atoms with Crippen molar-refractivity contribution in [3.63, 3.8) is 0 Å². The zero-order valence-corrected chi connectivity index (χ0v) is 26.1. The van der Waals surface area contributed by atoms with Crippen LogP contribution < -0.4 is 5.46 Å². The molecule has 7 rings (SSSR count). The molecular weight excluding hydrogens is 551 g/mol. The van der Waals surface area contributed by atoms with Gasteiger partial charge in [-0.1, -0.05) is 133 Å². The van der Waals surface area contributed by atoms with Gasteiger partial charge < -0.3 is 9.31 Å². The molecule has 5 aromatic carbocycles.